The molecule has 0 aromatic heterocycles. The molecule has 0 atom stereocenters. The van der Waals surface area contributed by atoms with Crippen molar-refractivity contribution in [1.82, 2.24) is 0 Å². The Bertz CT molecular complexity index is 1330. The molecule has 3 amide bonds. The number of carbonyl (C=O) groups is 3. The largest absolute Gasteiger partial charge is 0.350 e. The van der Waals surface area contributed by atoms with Gasteiger partial charge in [-0.2, -0.15) is 0 Å². The molecule has 1 heterocycles. The first-order chi connectivity index (χ1) is 16.2. The SMILES string of the molecule is Cc1cccc(NC(=O)Cc2ccc(NC3=C(Cl)C(=O)N(c4ccc(C)c(Cl)c4)C3=O)cc2)c1. The zero-order chi connectivity index (χ0) is 24.4. The molecule has 0 spiro atoms. The van der Waals surface area contributed by atoms with Crippen LogP contribution in [0, 0.1) is 13.8 Å². The van der Waals surface area contributed by atoms with E-state index in [2.05, 4.69) is 10.6 Å². The van der Waals surface area contributed by atoms with Gasteiger partial charge in [0.25, 0.3) is 11.8 Å². The number of hydrogen-bond donors (Lipinski definition) is 2. The number of nitrogens with one attached hydrogen (secondary N) is 2. The summed E-state index contributed by atoms with van der Waals surface area (Å²) in [5.74, 6) is -1.34. The van der Waals surface area contributed by atoms with Crippen molar-refractivity contribution in [3.63, 3.8) is 0 Å². The number of anilines is 3. The maximum absolute atomic E-state index is 12.9. The topological polar surface area (TPSA) is 78.5 Å². The van der Waals surface area contributed by atoms with Gasteiger partial charge >= 0.3 is 0 Å². The molecule has 172 valence electrons. The highest BCUT2D eigenvalue weighted by molar-refractivity contribution is 6.53. The summed E-state index contributed by atoms with van der Waals surface area (Å²) >= 11 is 12.3. The molecule has 8 heteroatoms. The predicted octanol–water partition coefficient (Wildman–Crippen LogP) is 5.57. The second kappa shape index (κ2) is 9.71. The molecule has 1 aliphatic heterocycles. The van der Waals surface area contributed by atoms with E-state index in [4.69, 9.17) is 23.2 Å². The van der Waals surface area contributed by atoms with Gasteiger partial charge in [-0.3, -0.25) is 14.4 Å². The summed E-state index contributed by atoms with van der Waals surface area (Å²) in [4.78, 5) is 38.9. The third kappa shape index (κ3) is 4.98. The van der Waals surface area contributed by atoms with E-state index in [1.165, 1.54) is 0 Å². The monoisotopic (exact) mass is 493 g/mol. The highest BCUT2D eigenvalue weighted by Crippen LogP contribution is 2.32. The van der Waals surface area contributed by atoms with Gasteiger partial charge in [0, 0.05) is 16.4 Å². The van der Waals surface area contributed by atoms with Gasteiger partial charge in [0.2, 0.25) is 5.91 Å². The van der Waals surface area contributed by atoms with Crippen LogP contribution in [-0.4, -0.2) is 17.7 Å². The van der Waals surface area contributed by atoms with E-state index in [9.17, 15) is 14.4 Å². The minimum Gasteiger partial charge on any atom is -0.350 e. The second-order valence-electron chi connectivity index (χ2n) is 7.98. The highest BCUT2D eigenvalue weighted by Gasteiger charge is 2.39. The molecule has 0 saturated carbocycles. The molecule has 3 aromatic rings. The minimum absolute atomic E-state index is 0.0201. The van der Waals surface area contributed by atoms with Crippen molar-refractivity contribution in [3.05, 3.63) is 99.2 Å². The lowest BCUT2D eigenvalue weighted by Gasteiger charge is -2.16. The zero-order valence-electron chi connectivity index (χ0n) is 18.5. The van der Waals surface area contributed by atoms with Gasteiger partial charge in [0.05, 0.1) is 12.1 Å². The van der Waals surface area contributed by atoms with Crippen LogP contribution < -0.4 is 15.5 Å². The van der Waals surface area contributed by atoms with Crippen LogP contribution in [0.25, 0.3) is 0 Å². The van der Waals surface area contributed by atoms with Gasteiger partial charge in [-0.1, -0.05) is 53.5 Å². The number of carbonyl (C=O) groups excluding carboxylic acids is 3. The Labute approximate surface area is 207 Å². The molecule has 3 aromatic carbocycles. The van der Waals surface area contributed by atoms with Crippen molar-refractivity contribution in [2.45, 2.75) is 20.3 Å². The van der Waals surface area contributed by atoms with Crippen LogP contribution in [0.5, 0.6) is 0 Å². The average Bonchev–Trinajstić information content (AvgIpc) is 3.00. The fourth-order valence-corrected chi connectivity index (χ4v) is 3.92. The van der Waals surface area contributed by atoms with Crippen LogP contribution in [0.15, 0.2) is 77.5 Å². The summed E-state index contributed by atoms with van der Waals surface area (Å²) in [5.41, 5.74) is 4.30. The molecule has 0 radical (unpaired) electrons. The third-order valence-corrected chi connectivity index (χ3v) is 6.09. The number of aryl methyl sites for hydroxylation is 2. The number of nitrogens with zero attached hydrogens (tertiary/aromatic N) is 1. The van der Waals surface area contributed by atoms with Crippen molar-refractivity contribution in [2.24, 2.45) is 0 Å². The van der Waals surface area contributed by atoms with Gasteiger partial charge < -0.3 is 10.6 Å². The summed E-state index contributed by atoms with van der Waals surface area (Å²) in [5, 5.41) is 6.03. The average molecular weight is 494 g/mol. The number of hydrogen-bond acceptors (Lipinski definition) is 4. The molecule has 0 fully saturated rings. The molecular weight excluding hydrogens is 473 g/mol. The molecular formula is C26H21Cl2N3O3. The second-order valence-corrected chi connectivity index (χ2v) is 8.77. The molecule has 0 saturated heterocycles. The third-order valence-electron chi connectivity index (χ3n) is 5.33. The smallest absolute Gasteiger partial charge is 0.283 e. The minimum atomic E-state index is -0.626. The maximum Gasteiger partial charge on any atom is 0.283 e. The Hall–Kier alpha value is -3.61. The first-order valence-corrected chi connectivity index (χ1v) is 11.3. The summed E-state index contributed by atoms with van der Waals surface area (Å²) < 4.78 is 0. The Kier molecular flexibility index (Phi) is 6.72. The first-order valence-electron chi connectivity index (χ1n) is 10.5. The van der Waals surface area contributed by atoms with Crippen LogP contribution >= 0.6 is 23.2 Å². The molecule has 0 bridgehead atoms. The number of rotatable bonds is 6. The van der Waals surface area contributed by atoms with Gasteiger partial charge in [-0.25, -0.2) is 4.90 Å². The Morgan fingerprint density at radius 3 is 2.29 bits per heavy atom. The van der Waals surface area contributed by atoms with Crippen LogP contribution in [0.2, 0.25) is 5.02 Å². The van der Waals surface area contributed by atoms with E-state index in [-0.39, 0.29) is 23.1 Å². The number of halogens is 2. The van der Waals surface area contributed by atoms with Crippen LogP contribution in [-0.2, 0) is 20.8 Å². The highest BCUT2D eigenvalue weighted by atomic mass is 35.5. The van der Waals surface area contributed by atoms with Crippen molar-refractivity contribution in [2.75, 3.05) is 15.5 Å². The summed E-state index contributed by atoms with van der Waals surface area (Å²) in [6.45, 7) is 3.79. The standard InChI is InChI=1S/C26H21Cl2N3O3/c1-15-4-3-5-19(12-15)29-22(32)13-17-7-9-18(10-8-17)30-24-23(28)25(33)31(26(24)34)20-11-6-16(2)21(27)14-20/h3-12,14,30H,13H2,1-2H3,(H,29,32). The zero-order valence-corrected chi connectivity index (χ0v) is 20.0. The fourth-order valence-electron chi connectivity index (χ4n) is 3.53. The lowest BCUT2D eigenvalue weighted by Crippen LogP contribution is -2.32. The van der Waals surface area contributed by atoms with E-state index in [0.29, 0.717) is 16.4 Å². The maximum atomic E-state index is 12.9. The van der Waals surface area contributed by atoms with Crippen LogP contribution in [0.4, 0.5) is 17.1 Å². The Balaban J connectivity index is 1.43. The lowest BCUT2D eigenvalue weighted by molar-refractivity contribution is -0.120. The van der Waals surface area contributed by atoms with E-state index < -0.39 is 11.8 Å². The molecule has 4 rings (SSSR count). The van der Waals surface area contributed by atoms with E-state index >= 15 is 0 Å². The molecule has 0 aliphatic carbocycles. The van der Waals surface area contributed by atoms with Crippen molar-refractivity contribution < 1.29 is 14.4 Å². The van der Waals surface area contributed by atoms with Crippen LogP contribution in [0.1, 0.15) is 16.7 Å². The first kappa shape index (κ1) is 23.5. The Morgan fingerprint density at radius 1 is 0.882 bits per heavy atom. The number of imide groups is 1. The van der Waals surface area contributed by atoms with Crippen molar-refractivity contribution >= 4 is 58.0 Å². The summed E-state index contributed by atoms with van der Waals surface area (Å²) in [6, 6.07) is 19.5. The molecule has 34 heavy (non-hydrogen) atoms. The van der Waals surface area contributed by atoms with E-state index in [1.807, 2.05) is 38.1 Å². The van der Waals surface area contributed by atoms with E-state index in [0.717, 1.165) is 27.3 Å². The van der Waals surface area contributed by atoms with Gasteiger partial charge in [-0.05, 0) is 66.9 Å². The Morgan fingerprint density at radius 2 is 1.62 bits per heavy atom. The molecule has 0 unspecified atom stereocenters. The molecule has 1 aliphatic rings. The van der Waals surface area contributed by atoms with Gasteiger partial charge in [0.15, 0.2) is 0 Å². The van der Waals surface area contributed by atoms with Gasteiger partial charge in [0.1, 0.15) is 10.7 Å². The summed E-state index contributed by atoms with van der Waals surface area (Å²) in [7, 11) is 0. The molecule has 2 N–H and O–H groups in total. The quantitative estimate of drug-likeness (QED) is 0.439. The lowest BCUT2D eigenvalue weighted by atomic mass is 10.1. The van der Waals surface area contributed by atoms with E-state index in [1.54, 1.807) is 42.5 Å². The molecule has 6 nitrogen and oxygen atoms in total. The van der Waals surface area contributed by atoms with Crippen LogP contribution in [0.3, 0.4) is 0 Å². The van der Waals surface area contributed by atoms with Crippen molar-refractivity contribution in [1.29, 1.82) is 0 Å². The number of amides is 3. The predicted molar refractivity (Wildman–Crippen MR) is 135 cm³/mol. The summed E-state index contributed by atoms with van der Waals surface area (Å²) in [6.07, 6.45) is 0.192. The number of benzene rings is 3. The normalized spacial score (nSPS) is 13.5. The van der Waals surface area contributed by atoms with Crippen molar-refractivity contribution in [3.8, 4) is 0 Å². The fraction of sp³-hybridized carbons (Fsp3) is 0.115. The van der Waals surface area contributed by atoms with Gasteiger partial charge in [-0.15, -0.1) is 0 Å².